The summed E-state index contributed by atoms with van der Waals surface area (Å²) in [5, 5.41) is 2.97. The van der Waals surface area contributed by atoms with Crippen LogP contribution in [-0.2, 0) is 16.1 Å². The zero-order valence-electron chi connectivity index (χ0n) is 16.1. The van der Waals surface area contributed by atoms with E-state index < -0.39 is 0 Å². The summed E-state index contributed by atoms with van der Waals surface area (Å²) in [5.74, 6) is 1.28. The Labute approximate surface area is 164 Å². The molecule has 27 heavy (non-hydrogen) atoms. The molecule has 1 aromatic heterocycles. The van der Waals surface area contributed by atoms with Crippen LogP contribution in [0, 0.1) is 5.92 Å². The normalized spacial score (nSPS) is 17.5. The van der Waals surface area contributed by atoms with Gasteiger partial charge in [-0.3, -0.25) is 9.69 Å². The number of methoxy groups -OCH3 is 2. The van der Waals surface area contributed by atoms with Gasteiger partial charge in [-0.05, 0) is 38.4 Å². The lowest BCUT2D eigenvalue weighted by Crippen LogP contribution is -2.39. The number of nitrogens with zero attached hydrogens (tertiary/aromatic N) is 2. The summed E-state index contributed by atoms with van der Waals surface area (Å²) in [6.45, 7) is 4.73. The fraction of sp³-hybridized carbons (Fsp3) is 0.500. The van der Waals surface area contributed by atoms with Gasteiger partial charge in [-0.25, -0.2) is 4.98 Å². The van der Waals surface area contributed by atoms with Crippen molar-refractivity contribution in [3.8, 4) is 22.1 Å². The van der Waals surface area contributed by atoms with Gasteiger partial charge >= 0.3 is 5.97 Å². The third-order valence-corrected chi connectivity index (χ3v) is 5.62. The zero-order chi connectivity index (χ0) is 19.2. The molecule has 0 unspecified atom stereocenters. The first-order valence-corrected chi connectivity index (χ1v) is 10.1. The maximum absolute atomic E-state index is 12.0. The van der Waals surface area contributed by atoms with Crippen molar-refractivity contribution < 1.29 is 19.0 Å². The van der Waals surface area contributed by atoms with Crippen LogP contribution in [-0.4, -0.2) is 49.8 Å². The van der Waals surface area contributed by atoms with Gasteiger partial charge in [-0.2, -0.15) is 0 Å². The van der Waals surface area contributed by atoms with Crippen molar-refractivity contribution in [3.63, 3.8) is 0 Å². The van der Waals surface area contributed by atoms with Crippen LogP contribution in [0.3, 0.4) is 0 Å². The molecule has 0 aliphatic carbocycles. The fourth-order valence-corrected chi connectivity index (χ4v) is 4.27. The lowest BCUT2D eigenvalue weighted by Gasteiger charge is -2.30. The quantitative estimate of drug-likeness (QED) is 0.673. The van der Waals surface area contributed by atoms with Gasteiger partial charge in [0.1, 0.15) is 5.01 Å². The van der Waals surface area contributed by atoms with Crippen LogP contribution in [0.5, 0.6) is 11.5 Å². The first kappa shape index (κ1) is 19.6. The van der Waals surface area contributed by atoms with Crippen molar-refractivity contribution >= 4 is 17.3 Å². The Morgan fingerprint density at radius 2 is 2.19 bits per heavy atom. The molecule has 1 aliphatic heterocycles. The zero-order valence-corrected chi connectivity index (χ0v) is 16.9. The van der Waals surface area contributed by atoms with E-state index in [0.29, 0.717) is 18.1 Å². The standard InChI is InChI=1S/C20H26N2O4S/c1-4-26-20(23)14-7-6-10-22(11-14)12-15-13-27-19(21-15)16-8-5-9-17(24-2)18(16)25-3/h5,8-9,13-14H,4,6-7,10-12H2,1-3H3/t14-/m0/s1. The summed E-state index contributed by atoms with van der Waals surface area (Å²) >= 11 is 1.59. The molecule has 0 radical (unpaired) electrons. The molecule has 2 heterocycles. The van der Waals surface area contributed by atoms with Gasteiger partial charge in [0.15, 0.2) is 11.5 Å². The van der Waals surface area contributed by atoms with E-state index in [2.05, 4.69) is 10.3 Å². The van der Waals surface area contributed by atoms with Crippen molar-refractivity contribution in [2.45, 2.75) is 26.3 Å². The van der Waals surface area contributed by atoms with E-state index >= 15 is 0 Å². The van der Waals surface area contributed by atoms with Crippen LogP contribution in [0.1, 0.15) is 25.5 Å². The second kappa shape index (κ2) is 9.19. The maximum atomic E-state index is 12.0. The maximum Gasteiger partial charge on any atom is 0.310 e. The molecule has 0 amide bonds. The summed E-state index contributed by atoms with van der Waals surface area (Å²) in [7, 11) is 3.27. The van der Waals surface area contributed by atoms with Gasteiger partial charge < -0.3 is 14.2 Å². The molecule has 0 saturated carbocycles. The fourth-order valence-electron chi connectivity index (χ4n) is 3.44. The summed E-state index contributed by atoms with van der Waals surface area (Å²) in [4.78, 5) is 19.1. The van der Waals surface area contributed by atoms with Crippen molar-refractivity contribution in [3.05, 3.63) is 29.3 Å². The minimum atomic E-state index is -0.0812. The highest BCUT2D eigenvalue weighted by Crippen LogP contribution is 2.39. The van der Waals surface area contributed by atoms with Gasteiger partial charge in [0.25, 0.3) is 0 Å². The Morgan fingerprint density at radius 3 is 2.93 bits per heavy atom. The molecule has 1 aliphatic rings. The van der Waals surface area contributed by atoms with Gasteiger partial charge in [0.2, 0.25) is 0 Å². The Morgan fingerprint density at radius 1 is 1.33 bits per heavy atom. The largest absolute Gasteiger partial charge is 0.493 e. The van der Waals surface area contributed by atoms with Crippen LogP contribution < -0.4 is 9.47 Å². The molecular weight excluding hydrogens is 364 g/mol. The molecule has 0 bridgehead atoms. The average molecular weight is 391 g/mol. The molecule has 1 fully saturated rings. The average Bonchev–Trinajstić information content (AvgIpc) is 3.15. The van der Waals surface area contributed by atoms with Crippen molar-refractivity contribution in [2.75, 3.05) is 33.9 Å². The SMILES string of the molecule is CCOC(=O)[C@H]1CCCN(Cc2csc(-c3cccc(OC)c3OC)n2)C1. The van der Waals surface area contributed by atoms with Crippen LogP contribution in [0.4, 0.5) is 0 Å². The molecule has 1 saturated heterocycles. The number of carbonyl (C=O) groups excluding carboxylic acids is 1. The Kier molecular flexibility index (Phi) is 6.68. The van der Waals surface area contributed by atoms with Crippen LogP contribution in [0.25, 0.3) is 10.6 Å². The number of para-hydroxylation sites is 1. The molecular formula is C20H26N2O4S. The van der Waals surface area contributed by atoms with Crippen molar-refractivity contribution in [1.82, 2.24) is 9.88 Å². The summed E-state index contributed by atoms with van der Waals surface area (Å²) in [6.07, 6.45) is 1.91. The summed E-state index contributed by atoms with van der Waals surface area (Å²) in [5.41, 5.74) is 1.93. The smallest absolute Gasteiger partial charge is 0.310 e. The first-order valence-electron chi connectivity index (χ1n) is 9.21. The number of esters is 1. The number of ether oxygens (including phenoxy) is 3. The Balaban J connectivity index is 1.71. The lowest BCUT2D eigenvalue weighted by atomic mass is 9.98. The molecule has 2 aromatic rings. The lowest BCUT2D eigenvalue weighted by molar-refractivity contribution is -0.150. The van der Waals surface area contributed by atoms with E-state index in [-0.39, 0.29) is 11.9 Å². The van der Waals surface area contributed by atoms with Gasteiger partial charge in [0, 0.05) is 18.5 Å². The highest BCUT2D eigenvalue weighted by Gasteiger charge is 2.27. The van der Waals surface area contributed by atoms with E-state index in [1.165, 1.54) is 0 Å². The predicted octanol–water partition coefficient (Wildman–Crippen LogP) is 3.60. The number of piperidine rings is 1. The van der Waals surface area contributed by atoms with Gasteiger partial charge in [-0.1, -0.05) is 6.07 Å². The van der Waals surface area contributed by atoms with Crippen molar-refractivity contribution in [2.24, 2.45) is 5.92 Å². The number of hydrogen-bond acceptors (Lipinski definition) is 7. The number of carbonyl (C=O) groups is 1. The first-order chi connectivity index (χ1) is 13.2. The predicted molar refractivity (Wildman–Crippen MR) is 105 cm³/mol. The Hall–Kier alpha value is -2.12. The molecule has 1 aromatic carbocycles. The second-order valence-corrected chi connectivity index (χ2v) is 7.37. The topological polar surface area (TPSA) is 60.9 Å². The number of likely N-dealkylation sites (tertiary alicyclic amines) is 1. The molecule has 146 valence electrons. The van der Waals surface area contributed by atoms with Crippen molar-refractivity contribution in [1.29, 1.82) is 0 Å². The number of rotatable bonds is 7. The number of hydrogen-bond donors (Lipinski definition) is 0. The van der Waals surface area contributed by atoms with Crippen LogP contribution >= 0.6 is 11.3 Å². The third kappa shape index (κ3) is 4.59. The van der Waals surface area contributed by atoms with E-state index in [1.54, 1.807) is 25.6 Å². The minimum Gasteiger partial charge on any atom is -0.493 e. The molecule has 0 N–H and O–H groups in total. The van der Waals surface area contributed by atoms with E-state index in [0.717, 1.165) is 48.7 Å². The minimum absolute atomic E-state index is 0.0321. The summed E-state index contributed by atoms with van der Waals surface area (Å²) < 4.78 is 16.1. The molecule has 0 spiro atoms. The second-order valence-electron chi connectivity index (χ2n) is 6.51. The number of thiazole rings is 1. The highest BCUT2D eigenvalue weighted by molar-refractivity contribution is 7.13. The van der Waals surface area contributed by atoms with Crippen LogP contribution in [0.2, 0.25) is 0 Å². The summed E-state index contributed by atoms with van der Waals surface area (Å²) in [6, 6.07) is 5.80. The molecule has 1 atom stereocenters. The number of aromatic nitrogens is 1. The van der Waals surface area contributed by atoms with Gasteiger partial charge in [0.05, 0.1) is 38.0 Å². The third-order valence-electron chi connectivity index (χ3n) is 4.70. The molecule has 3 rings (SSSR count). The van der Waals surface area contributed by atoms with E-state index in [9.17, 15) is 4.79 Å². The Bertz CT molecular complexity index is 777. The van der Waals surface area contributed by atoms with Gasteiger partial charge in [-0.15, -0.1) is 11.3 Å². The number of benzene rings is 1. The van der Waals surface area contributed by atoms with Crippen LogP contribution in [0.15, 0.2) is 23.6 Å². The van der Waals surface area contributed by atoms with E-state index in [1.807, 2.05) is 25.1 Å². The molecule has 7 heteroatoms. The molecule has 6 nitrogen and oxygen atoms in total. The highest BCUT2D eigenvalue weighted by atomic mass is 32.1. The van der Waals surface area contributed by atoms with E-state index in [4.69, 9.17) is 19.2 Å². The monoisotopic (exact) mass is 390 g/mol.